The van der Waals surface area contributed by atoms with Gasteiger partial charge in [0.1, 0.15) is 0 Å². The molecule has 80 heavy (non-hydrogen) atoms. The first-order valence-corrected chi connectivity index (χ1v) is 28.4. The van der Waals surface area contributed by atoms with E-state index in [4.69, 9.17) is 0 Å². The molecule has 0 radical (unpaired) electrons. The Hall–Kier alpha value is -2.32. The minimum Gasteiger partial charge on any atom is -0.244 e. The van der Waals surface area contributed by atoms with Crippen LogP contribution in [0.2, 0.25) is 0 Å². The Morgan fingerprint density at radius 1 is 0.275 bits per heavy atom. The van der Waals surface area contributed by atoms with Crippen LogP contribution in [0.15, 0.2) is 0 Å². The van der Waals surface area contributed by atoms with Gasteiger partial charge in [0.15, 0.2) is 5.30 Å². The predicted molar refractivity (Wildman–Crippen MR) is 249 cm³/mol. The van der Waals surface area contributed by atoms with E-state index in [0.29, 0.717) is 6.16 Å². The normalized spacial score (nSPS) is 14.9. The Labute approximate surface area is 447 Å². The summed E-state index contributed by atoms with van der Waals surface area (Å²) in [4.78, 5) is 0. The molecule has 0 spiro atoms. The summed E-state index contributed by atoms with van der Waals surface area (Å²) < 4.78 is 445. The van der Waals surface area contributed by atoms with E-state index in [9.17, 15) is 22.0 Å². The molecule has 476 valence electrons. The number of rotatable bonds is 38. The Morgan fingerprint density at radius 3 is 0.662 bits per heavy atom. The van der Waals surface area contributed by atoms with Crippen molar-refractivity contribution in [3.8, 4) is 0 Å². The van der Waals surface area contributed by atoms with Gasteiger partial charge in [0.2, 0.25) is 52.4 Å². The third kappa shape index (κ3) is 15.0. The van der Waals surface area contributed by atoms with Gasteiger partial charge in [-0.25, -0.2) is 48.3 Å². The minimum atomic E-state index is -11.7. The third-order valence-electron chi connectivity index (χ3n) is 14.1. The molecule has 0 aliphatic carbocycles. The Bertz CT molecular complexity index is 1780. The lowest BCUT2D eigenvalue weighted by Crippen LogP contribution is -2.96. The molecule has 0 aliphatic rings. The van der Waals surface area contributed by atoms with Crippen molar-refractivity contribution < 1.29 is 127 Å². The van der Waals surface area contributed by atoms with Crippen LogP contribution in [0.3, 0.4) is 0 Å². The van der Waals surface area contributed by atoms with Crippen LogP contribution in [0.4, 0.5) is 127 Å². The van der Waals surface area contributed by atoms with Crippen LogP contribution in [0.5, 0.6) is 0 Å². The van der Waals surface area contributed by atoms with Gasteiger partial charge in [-0.2, -0.15) is 79.0 Å². The lowest BCUT2D eigenvalue weighted by atomic mass is 9.08. The van der Waals surface area contributed by atoms with Crippen LogP contribution in [0.25, 0.3) is 0 Å². The van der Waals surface area contributed by atoms with Gasteiger partial charge >= 0.3 is 53.5 Å². The molecular formula is C49H69BF29P. The average molecular weight is 1250 g/mol. The Balaban J connectivity index is 0.00000274. The maximum atomic E-state index is 16.5. The first kappa shape index (κ1) is 77.7. The van der Waals surface area contributed by atoms with Gasteiger partial charge in [-0.3, -0.25) is 0 Å². The highest BCUT2D eigenvalue weighted by Gasteiger charge is 3.03. The van der Waals surface area contributed by atoms with Crippen LogP contribution >= 0.6 is 7.92 Å². The first-order chi connectivity index (χ1) is 36.2. The van der Waals surface area contributed by atoms with Crippen molar-refractivity contribution >= 4 is 19.4 Å². The van der Waals surface area contributed by atoms with Gasteiger partial charge in [0.05, 0.1) is 12.8 Å². The molecule has 0 aromatic heterocycles. The maximum Gasteiger partial charge on any atom is 0.339 e. The largest absolute Gasteiger partial charge is 0.339 e. The Morgan fingerprint density at radius 2 is 0.463 bits per heavy atom. The quantitative estimate of drug-likeness (QED) is 0.0155. The van der Waals surface area contributed by atoms with Crippen molar-refractivity contribution in [2.24, 2.45) is 0 Å². The lowest BCUT2D eigenvalue weighted by molar-refractivity contribution is -0.350. The van der Waals surface area contributed by atoms with Crippen molar-refractivity contribution in [3.05, 3.63) is 29.1 Å². The fourth-order valence-corrected chi connectivity index (χ4v) is 11.1. The molecule has 1 atom stereocenters. The van der Waals surface area contributed by atoms with Gasteiger partial charge in [-0.15, -0.1) is 0 Å². The number of benzene rings is 1. The van der Waals surface area contributed by atoms with Crippen LogP contribution in [0, 0.1) is 29.1 Å². The molecular weight excluding hydrogens is 1180 g/mol. The molecule has 1 aromatic carbocycles. The summed E-state index contributed by atoms with van der Waals surface area (Å²) in [7, 11) is -1.77. The van der Waals surface area contributed by atoms with Gasteiger partial charge in [-0.05, 0) is 38.5 Å². The SMILES string of the molecule is CCCCCCC(F)(F)C(F)(F)C(F)(F)[B-](C(F)(F)C(F)(F)C(F)(F)CCCCCC)(C(F)(F)C(F)(F)C(F)(F)CCCCCC)C(F)(F)C(F)(F)C(F)(F)CCCCCC.CCCCCC[PH+](C)c1c(F)c(F)c(F)c(F)c1F. The molecule has 1 aromatic rings. The standard InChI is InChI=1S/C36H52BF24.C13H16F5P/c1-5-9-13-17-21-25(38,39)29(46,47)33(54,55)37(34(56,57)30(48,49)26(40,41)22-18-14-10-6-2,35(58,59)31(50,51)27(42,43)23-19-15-11-7-3)36(60,61)32(52,53)28(44,45)24-20-16-12-8-4;1-3-4-5-6-7-19(2)13-11(17)9(15)8(14)10(16)12(13)18/h5-24H2,1-4H3;3-7H2,1-2H3/q-1;/p+1. The van der Waals surface area contributed by atoms with Crippen molar-refractivity contribution in [2.45, 2.75) is 259 Å². The van der Waals surface area contributed by atoms with E-state index in [1.807, 2.05) is 6.92 Å². The van der Waals surface area contributed by atoms with Crippen molar-refractivity contribution in [1.29, 1.82) is 0 Å². The minimum absolute atomic E-state index is 0.0414. The fraction of sp³-hybridized carbons (Fsp3) is 0.878. The van der Waals surface area contributed by atoms with Crippen LogP contribution in [0.1, 0.15) is 189 Å². The second-order valence-electron chi connectivity index (χ2n) is 20.3. The van der Waals surface area contributed by atoms with E-state index in [0.717, 1.165) is 25.7 Å². The molecule has 0 fully saturated rings. The molecule has 0 nitrogen and oxygen atoms in total. The van der Waals surface area contributed by atoms with Crippen molar-refractivity contribution in [3.63, 3.8) is 0 Å². The van der Waals surface area contributed by atoms with Gasteiger partial charge in [-0.1, -0.05) is 125 Å². The monoisotopic (exact) mass is 1250 g/mol. The number of hydrogen-bond acceptors (Lipinski definition) is 0. The zero-order valence-corrected chi connectivity index (χ0v) is 45.7. The van der Waals surface area contributed by atoms with E-state index in [-0.39, 0.29) is 51.4 Å². The summed E-state index contributed by atoms with van der Waals surface area (Å²) in [5.41, 5.74) is 0. The topological polar surface area (TPSA) is 0 Å². The fourth-order valence-electron chi connectivity index (χ4n) is 9.07. The van der Waals surface area contributed by atoms with Gasteiger partial charge in [0, 0.05) is 33.6 Å². The lowest BCUT2D eigenvalue weighted by Gasteiger charge is -2.63. The third-order valence-corrected chi connectivity index (χ3v) is 16.5. The summed E-state index contributed by atoms with van der Waals surface area (Å²) >= 11 is 0. The van der Waals surface area contributed by atoms with E-state index < -0.39 is 196 Å². The first-order valence-electron chi connectivity index (χ1n) is 26.2. The summed E-state index contributed by atoms with van der Waals surface area (Å²) in [5, 5.41) is -0.599. The zero-order chi connectivity index (χ0) is 63.2. The smallest absolute Gasteiger partial charge is 0.244 e. The summed E-state index contributed by atoms with van der Waals surface area (Å²) in [5.74, 6) is -113. The van der Waals surface area contributed by atoms with Gasteiger partial charge < -0.3 is 0 Å². The Kier molecular flexibility index (Phi) is 28.8. The molecule has 0 N–H and O–H groups in total. The molecule has 0 heterocycles. The average Bonchev–Trinajstić information content (AvgIpc) is 3.34. The second kappa shape index (κ2) is 29.7. The summed E-state index contributed by atoms with van der Waals surface area (Å²) in [6.45, 7) is 8.68. The molecule has 0 saturated carbocycles. The molecule has 0 aliphatic heterocycles. The number of unbranched alkanes of at least 4 members (excludes halogenated alkanes) is 15. The van der Waals surface area contributed by atoms with Crippen LogP contribution < -0.4 is 5.30 Å². The van der Waals surface area contributed by atoms with Crippen molar-refractivity contribution in [1.82, 2.24) is 0 Å². The second-order valence-corrected chi connectivity index (χ2v) is 22.8. The zero-order valence-electron chi connectivity index (χ0n) is 44.7. The molecule has 31 heteroatoms. The summed E-state index contributed by atoms with van der Waals surface area (Å²) in [6.07, 6.45) is -30.6. The van der Waals surface area contributed by atoms with Gasteiger partial charge in [0.25, 0.3) is 0 Å². The molecule has 1 rings (SSSR count). The van der Waals surface area contributed by atoms with E-state index in [2.05, 4.69) is 0 Å². The van der Waals surface area contributed by atoms with Crippen molar-refractivity contribution in [2.75, 3.05) is 12.8 Å². The van der Waals surface area contributed by atoms with Crippen LogP contribution in [-0.2, 0) is 0 Å². The molecule has 0 bridgehead atoms. The predicted octanol–water partition coefficient (Wildman–Crippen LogP) is 21.5. The number of halogens is 29. The molecule has 0 amide bonds. The number of hydrogen-bond donors (Lipinski definition) is 0. The maximum absolute atomic E-state index is 16.5. The molecule has 1 unspecified atom stereocenters. The van der Waals surface area contributed by atoms with E-state index >= 15 is 105 Å². The van der Waals surface area contributed by atoms with Crippen LogP contribution in [-0.4, -0.2) is 89.6 Å². The highest BCUT2D eigenvalue weighted by Crippen LogP contribution is 2.73. The highest BCUT2D eigenvalue weighted by atomic mass is 31.1. The summed E-state index contributed by atoms with van der Waals surface area (Å²) in [6, 6.07) is 0. The number of alkyl halides is 24. The van der Waals surface area contributed by atoms with E-state index in [1.54, 1.807) is 6.66 Å². The molecule has 0 saturated heterocycles. The highest BCUT2D eigenvalue weighted by molar-refractivity contribution is 7.64. The van der Waals surface area contributed by atoms with E-state index in [1.165, 1.54) is 27.7 Å².